The molecule has 0 aromatic carbocycles. The van der Waals surface area contributed by atoms with Gasteiger partial charge in [-0.25, -0.2) is 9.97 Å². The molecule has 0 radical (unpaired) electrons. The van der Waals surface area contributed by atoms with Crippen LogP contribution < -0.4 is 5.32 Å². The van der Waals surface area contributed by atoms with Crippen LogP contribution >= 0.6 is 0 Å². The molecule has 0 aliphatic heterocycles. The minimum absolute atomic E-state index is 0.611. The van der Waals surface area contributed by atoms with E-state index < -0.39 is 0 Å². The predicted molar refractivity (Wildman–Crippen MR) is 54.0 cm³/mol. The fourth-order valence-electron chi connectivity index (χ4n) is 1.21. The van der Waals surface area contributed by atoms with Crippen molar-refractivity contribution in [1.82, 2.24) is 9.97 Å². The van der Waals surface area contributed by atoms with E-state index in [0.29, 0.717) is 11.6 Å². The topological polar surface area (TPSA) is 51.0 Å². The van der Waals surface area contributed by atoms with Gasteiger partial charge < -0.3 is 9.73 Å². The Morgan fingerprint density at radius 2 is 2.21 bits per heavy atom. The van der Waals surface area contributed by atoms with Gasteiger partial charge in [-0.05, 0) is 19.1 Å². The van der Waals surface area contributed by atoms with E-state index in [0.717, 1.165) is 11.5 Å². The molecule has 1 N–H and O–H groups in total. The molecular formula is C10H11N3O. The lowest BCUT2D eigenvalue weighted by Gasteiger charge is -2.02. The Morgan fingerprint density at radius 1 is 1.36 bits per heavy atom. The zero-order valence-electron chi connectivity index (χ0n) is 8.11. The van der Waals surface area contributed by atoms with Crippen LogP contribution in [0, 0.1) is 6.92 Å². The molecule has 2 aromatic rings. The summed E-state index contributed by atoms with van der Waals surface area (Å²) in [5.41, 5.74) is 0.913. The van der Waals surface area contributed by atoms with E-state index in [1.165, 1.54) is 0 Å². The third kappa shape index (κ3) is 1.59. The third-order valence-electron chi connectivity index (χ3n) is 1.85. The highest BCUT2D eigenvalue weighted by Gasteiger charge is 2.05. The molecule has 0 fully saturated rings. The Bertz CT molecular complexity index is 423. The quantitative estimate of drug-likeness (QED) is 0.785. The molecule has 2 heterocycles. The number of furan rings is 1. The van der Waals surface area contributed by atoms with Crippen LogP contribution in [-0.4, -0.2) is 17.0 Å². The molecule has 0 amide bonds. The molecule has 0 atom stereocenters. The summed E-state index contributed by atoms with van der Waals surface area (Å²) in [5, 5.41) is 2.98. The summed E-state index contributed by atoms with van der Waals surface area (Å²) < 4.78 is 5.22. The number of aromatic nitrogens is 2. The first-order valence-corrected chi connectivity index (χ1v) is 4.37. The molecule has 0 aliphatic rings. The van der Waals surface area contributed by atoms with Gasteiger partial charge in [-0.1, -0.05) is 0 Å². The lowest BCUT2D eigenvalue weighted by molar-refractivity contribution is 0.577. The Balaban J connectivity index is 2.48. The second-order valence-electron chi connectivity index (χ2n) is 2.95. The van der Waals surface area contributed by atoms with Gasteiger partial charge in [0.1, 0.15) is 5.82 Å². The van der Waals surface area contributed by atoms with Gasteiger partial charge in [0.15, 0.2) is 11.6 Å². The summed E-state index contributed by atoms with van der Waals surface area (Å²) in [6, 6.07) is 5.54. The van der Waals surface area contributed by atoms with Gasteiger partial charge in [-0.2, -0.15) is 0 Å². The van der Waals surface area contributed by atoms with E-state index in [9.17, 15) is 0 Å². The maximum atomic E-state index is 5.22. The molecule has 72 valence electrons. The van der Waals surface area contributed by atoms with E-state index in [1.807, 2.05) is 32.2 Å². The standard InChI is InChI=1S/C10H11N3O/c1-7-6-9(11-2)13-10(12-7)8-4-3-5-14-8/h3-6H,1-2H3,(H,11,12,13). The van der Waals surface area contributed by atoms with Crippen LogP contribution in [0.1, 0.15) is 5.69 Å². The van der Waals surface area contributed by atoms with Crippen LogP contribution in [0.15, 0.2) is 28.9 Å². The fraction of sp³-hybridized carbons (Fsp3) is 0.200. The van der Waals surface area contributed by atoms with Crippen molar-refractivity contribution >= 4 is 5.82 Å². The lowest BCUT2D eigenvalue weighted by Crippen LogP contribution is -1.97. The van der Waals surface area contributed by atoms with Crippen LogP contribution in [0.3, 0.4) is 0 Å². The lowest BCUT2D eigenvalue weighted by atomic mass is 10.3. The first-order chi connectivity index (χ1) is 6.79. The average Bonchev–Trinajstić information content (AvgIpc) is 2.69. The summed E-state index contributed by atoms with van der Waals surface area (Å²) in [7, 11) is 1.83. The molecular weight excluding hydrogens is 178 g/mol. The molecule has 0 unspecified atom stereocenters. The van der Waals surface area contributed by atoms with Gasteiger partial charge in [0.05, 0.1) is 6.26 Å². The van der Waals surface area contributed by atoms with Crippen molar-refractivity contribution < 1.29 is 4.42 Å². The van der Waals surface area contributed by atoms with Crippen molar-refractivity contribution in [3.8, 4) is 11.6 Å². The summed E-state index contributed by atoms with van der Waals surface area (Å²) in [4.78, 5) is 8.56. The Morgan fingerprint density at radius 3 is 2.86 bits per heavy atom. The van der Waals surface area contributed by atoms with E-state index in [4.69, 9.17) is 4.42 Å². The Kier molecular flexibility index (Phi) is 2.18. The van der Waals surface area contributed by atoms with Gasteiger partial charge in [0, 0.05) is 18.8 Å². The zero-order valence-corrected chi connectivity index (χ0v) is 8.11. The molecule has 14 heavy (non-hydrogen) atoms. The summed E-state index contributed by atoms with van der Waals surface area (Å²) in [6.07, 6.45) is 1.61. The molecule has 4 nitrogen and oxygen atoms in total. The number of rotatable bonds is 2. The number of hydrogen-bond acceptors (Lipinski definition) is 4. The van der Waals surface area contributed by atoms with E-state index in [1.54, 1.807) is 6.26 Å². The number of hydrogen-bond donors (Lipinski definition) is 1. The molecule has 0 aliphatic carbocycles. The van der Waals surface area contributed by atoms with Crippen molar-refractivity contribution in [3.05, 3.63) is 30.2 Å². The summed E-state index contributed by atoms with van der Waals surface area (Å²) >= 11 is 0. The predicted octanol–water partition coefficient (Wildman–Crippen LogP) is 2.09. The number of aryl methyl sites for hydroxylation is 1. The number of anilines is 1. The van der Waals surface area contributed by atoms with Crippen LogP contribution in [0.4, 0.5) is 5.82 Å². The minimum Gasteiger partial charge on any atom is -0.461 e. The van der Waals surface area contributed by atoms with Crippen molar-refractivity contribution in [3.63, 3.8) is 0 Å². The van der Waals surface area contributed by atoms with E-state index in [-0.39, 0.29) is 0 Å². The molecule has 2 aromatic heterocycles. The van der Waals surface area contributed by atoms with Gasteiger partial charge in [0.25, 0.3) is 0 Å². The molecule has 0 bridgehead atoms. The van der Waals surface area contributed by atoms with Crippen LogP contribution in [-0.2, 0) is 0 Å². The molecule has 4 heteroatoms. The van der Waals surface area contributed by atoms with Crippen molar-refractivity contribution in [2.75, 3.05) is 12.4 Å². The zero-order chi connectivity index (χ0) is 9.97. The van der Waals surface area contributed by atoms with Crippen molar-refractivity contribution in [2.24, 2.45) is 0 Å². The van der Waals surface area contributed by atoms with Gasteiger partial charge in [-0.15, -0.1) is 0 Å². The average molecular weight is 189 g/mol. The van der Waals surface area contributed by atoms with Crippen LogP contribution in [0.2, 0.25) is 0 Å². The molecule has 0 spiro atoms. The van der Waals surface area contributed by atoms with Crippen molar-refractivity contribution in [2.45, 2.75) is 6.92 Å². The fourth-order valence-corrected chi connectivity index (χ4v) is 1.21. The molecule has 2 rings (SSSR count). The van der Waals surface area contributed by atoms with Gasteiger partial charge >= 0.3 is 0 Å². The summed E-state index contributed by atoms with van der Waals surface area (Å²) in [6.45, 7) is 1.93. The van der Waals surface area contributed by atoms with E-state index >= 15 is 0 Å². The Labute approximate surface area is 82.0 Å². The first-order valence-electron chi connectivity index (χ1n) is 4.37. The SMILES string of the molecule is CNc1cc(C)nc(-c2ccco2)n1. The maximum Gasteiger partial charge on any atom is 0.197 e. The largest absolute Gasteiger partial charge is 0.461 e. The van der Waals surface area contributed by atoms with Crippen LogP contribution in [0.5, 0.6) is 0 Å². The highest BCUT2D eigenvalue weighted by atomic mass is 16.3. The molecule has 0 saturated carbocycles. The monoisotopic (exact) mass is 189 g/mol. The number of nitrogens with zero attached hydrogens (tertiary/aromatic N) is 2. The number of nitrogens with one attached hydrogen (secondary N) is 1. The van der Waals surface area contributed by atoms with Crippen molar-refractivity contribution in [1.29, 1.82) is 0 Å². The van der Waals surface area contributed by atoms with E-state index in [2.05, 4.69) is 15.3 Å². The maximum absolute atomic E-state index is 5.22. The van der Waals surface area contributed by atoms with Gasteiger partial charge in [-0.3, -0.25) is 0 Å². The summed E-state index contributed by atoms with van der Waals surface area (Å²) in [5.74, 6) is 2.09. The first kappa shape index (κ1) is 8.74. The second-order valence-corrected chi connectivity index (χ2v) is 2.95. The highest BCUT2D eigenvalue weighted by Crippen LogP contribution is 2.17. The van der Waals surface area contributed by atoms with Crippen LogP contribution in [0.25, 0.3) is 11.6 Å². The normalized spacial score (nSPS) is 10.1. The Hall–Kier alpha value is -1.84. The third-order valence-corrected chi connectivity index (χ3v) is 1.85. The second kappa shape index (κ2) is 3.49. The smallest absolute Gasteiger partial charge is 0.197 e. The minimum atomic E-state index is 0.611. The van der Waals surface area contributed by atoms with Gasteiger partial charge in [0.2, 0.25) is 0 Å². The molecule has 0 saturated heterocycles. The highest BCUT2D eigenvalue weighted by molar-refractivity contribution is 5.50.